The number of aromatic nitrogens is 2. The van der Waals surface area contributed by atoms with E-state index in [1.807, 2.05) is 54.3 Å². The van der Waals surface area contributed by atoms with Crippen molar-refractivity contribution in [2.45, 2.75) is 19.5 Å². The average molecular weight is 470 g/mol. The molecule has 2 heterocycles. The lowest BCUT2D eigenvalue weighted by Crippen LogP contribution is -2.29. The molecule has 178 valence electrons. The summed E-state index contributed by atoms with van der Waals surface area (Å²) in [6, 6.07) is 21.2. The summed E-state index contributed by atoms with van der Waals surface area (Å²) in [5.74, 6) is 1.98. The third-order valence-corrected chi connectivity index (χ3v) is 6.44. The van der Waals surface area contributed by atoms with Crippen molar-refractivity contribution in [1.82, 2.24) is 15.1 Å². The minimum atomic E-state index is -0.393. The van der Waals surface area contributed by atoms with Crippen LogP contribution in [0.15, 0.2) is 66.7 Å². The van der Waals surface area contributed by atoms with E-state index >= 15 is 0 Å². The smallest absolute Gasteiger partial charge is 0.273 e. The molecule has 1 aliphatic rings. The molecule has 0 aliphatic carbocycles. The van der Waals surface area contributed by atoms with Gasteiger partial charge < -0.3 is 19.1 Å². The fourth-order valence-corrected chi connectivity index (χ4v) is 4.59. The average Bonchev–Trinajstić information content (AvgIpc) is 3.44. The number of aromatic amines is 1. The molecule has 5 rings (SSSR count). The van der Waals surface area contributed by atoms with Gasteiger partial charge in [-0.25, -0.2) is 0 Å². The molecule has 4 aromatic rings. The molecule has 0 radical (unpaired) electrons. The quantitative estimate of drug-likeness (QED) is 0.405. The van der Waals surface area contributed by atoms with E-state index in [-0.39, 0.29) is 5.91 Å². The van der Waals surface area contributed by atoms with Crippen molar-refractivity contribution >= 4 is 5.91 Å². The first-order valence-electron chi connectivity index (χ1n) is 11.3. The monoisotopic (exact) mass is 469 g/mol. The van der Waals surface area contributed by atoms with E-state index in [2.05, 4.69) is 34.5 Å². The van der Waals surface area contributed by atoms with Crippen molar-refractivity contribution in [2.75, 3.05) is 21.3 Å². The fourth-order valence-electron chi connectivity index (χ4n) is 4.59. The molecule has 1 unspecified atom stereocenters. The Hall–Kier alpha value is -4.26. The van der Waals surface area contributed by atoms with Crippen LogP contribution < -0.4 is 14.2 Å². The van der Waals surface area contributed by atoms with Crippen LogP contribution in [0.3, 0.4) is 0 Å². The Kier molecular flexibility index (Phi) is 5.91. The first-order valence-corrected chi connectivity index (χ1v) is 11.3. The highest BCUT2D eigenvalue weighted by Crippen LogP contribution is 2.46. The molecule has 1 N–H and O–H groups in total. The summed E-state index contributed by atoms with van der Waals surface area (Å²) in [6.45, 7) is 2.50. The van der Waals surface area contributed by atoms with Crippen molar-refractivity contribution in [3.8, 4) is 28.5 Å². The molecule has 1 atom stereocenters. The second-order valence-electron chi connectivity index (χ2n) is 8.52. The van der Waals surface area contributed by atoms with E-state index in [1.54, 1.807) is 21.3 Å². The molecule has 1 amide bonds. The minimum absolute atomic E-state index is 0.101. The Bertz CT molecular complexity index is 1360. The lowest BCUT2D eigenvalue weighted by atomic mass is 9.95. The standard InChI is InChI=1S/C28H27N3O4/c1-17-5-7-18(8-6-17)16-31-27(22-14-13-21(34-3)15-23(22)35-4)24-25(29-30-26(24)28(31)32)19-9-11-20(33-2)12-10-19/h5-15,27H,16H2,1-4H3,(H,29,30). The van der Waals surface area contributed by atoms with Gasteiger partial charge in [0.05, 0.1) is 33.1 Å². The molecule has 7 heteroatoms. The van der Waals surface area contributed by atoms with Crippen molar-refractivity contribution < 1.29 is 19.0 Å². The molecule has 7 nitrogen and oxygen atoms in total. The number of aryl methyl sites for hydroxylation is 1. The first kappa shape index (κ1) is 22.5. The number of methoxy groups -OCH3 is 3. The molecule has 3 aromatic carbocycles. The molecule has 0 saturated carbocycles. The van der Waals surface area contributed by atoms with Gasteiger partial charge in [-0.3, -0.25) is 9.89 Å². The highest BCUT2D eigenvalue weighted by atomic mass is 16.5. The number of H-pyrrole nitrogens is 1. The third kappa shape index (κ3) is 3.99. The van der Waals surface area contributed by atoms with Gasteiger partial charge in [-0.05, 0) is 48.9 Å². The van der Waals surface area contributed by atoms with Gasteiger partial charge >= 0.3 is 0 Å². The number of carbonyl (C=O) groups is 1. The number of fused-ring (bicyclic) bond motifs is 1. The maximum absolute atomic E-state index is 13.7. The van der Waals surface area contributed by atoms with E-state index in [0.717, 1.165) is 33.7 Å². The number of rotatable bonds is 7. The van der Waals surface area contributed by atoms with Crippen molar-refractivity contribution in [2.24, 2.45) is 0 Å². The van der Waals surface area contributed by atoms with Crippen LogP contribution in [0, 0.1) is 6.92 Å². The van der Waals surface area contributed by atoms with Crippen LogP contribution in [0.25, 0.3) is 11.3 Å². The van der Waals surface area contributed by atoms with Gasteiger partial charge in [-0.1, -0.05) is 29.8 Å². The molecular formula is C28H27N3O4. The predicted octanol–water partition coefficient (Wildman–Crippen LogP) is 5.16. The van der Waals surface area contributed by atoms with E-state index < -0.39 is 6.04 Å². The van der Waals surface area contributed by atoms with Crippen LogP contribution in [0.5, 0.6) is 17.2 Å². The first-order chi connectivity index (χ1) is 17.0. The molecule has 1 aliphatic heterocycles. The molecular weight excluding hydrogens is 442 g/mol. The fraction of sp³-hybridized carbons (Fsp3) is 0.214. The van der Waals surface area contributed by atoms with E-state index in [4.69, 9.17) is 14.2 Å². The van der Waals surface area contributed by atoms with Gasteiger partial charge in [0.25, 0.3) is 5.91 Å². The Morgan fingerprint density at radius 1 is 0.886 bits per heavy atom. The SMILES string of the molecule is COc1ccc(-c2n[nH]c3c2C(c2ccc(OC)cc2OC)N(Cc2ccc(C)cc2)C3=O)cc1. The maximum atomic E-state index is 13.7. The van der Waals surface area contributed by atoms with Gasteiger partial charge in [0.2, 0.25) is 0 Å². The van der Waals surface area contributed by atoms with Crippen molar-refractivity contribution in [3.05, 3.63) is 94.7 Å². The zero-order valence-corrected chi connectivity index (χ0v) is 20.2. The van der Waals surface area contributed by atoms with Crippen LogP contribution in [-0.4, -0.2) is 42.3 Å². The molecule has 0 fully saturated rings. The Morgan fingerprint density at radius 2 is 1.57 bits per heavy atom. The van der Waals surface area contributed by atoms with Crippen LogP contribution in [0.1, 0.15) is 38.8 Å². The van der Waals surface area contributed by atoms with E-state index in [1.165, 1.54) is 5.56 Å². The molecule has 35 heavy (non-hydrogen) atoms. The number of nitrogens with one attached hydrogen (secondary N) is 1. The Labute approximate surface area is 204 Å². The number of hydrogen-bond acceptors (Lipinski definition) is 5. The number of amides is 1. The third-order valence-electron chi connectivity index (χ3n) is 6.44. The zero-order valence-electron chi connectivity index (χ0n) is 20.2. The molecule has 0 bridgehead atoms. The highest BCUT2D eigenvalue weighted by molar-refractivity contribution is 6.00. The predicted molar refractivity (Wildman–Crippen MR) is 133 cm³/mol. The molecule has 0 spiro atoms. The van der Waals surface area contributed by atoms with Gasteiger partial charge in [0.1, 0.15) is 22.9 Å². The largest absolute Gasteiger partial charge is 0.497 e. The zero-order chi connectivity index (χ0) is 24.5. The lowest BCUT2D eigenvalue weighted by Gasteiger charge is -2.28. The van der Waals surface area contributed by atoms with E-state index in [0.29, 0.717) is 23.7 Å². The summed E-state index contributed by atoms with van der Waals surface area (Å²) in [6.07, 6.45) is 0. The summed E-state index contributed by atoms with van der Waals surface area (Å²) < 4.78 is 16.5. The topological polar surface area (TPSA) is 76.7 Å². The number of nitrogens with zero attached hydrogens (tertiary/aromatic N) is 2. The number of carbonyl (C=O) groups excluding carboxylic acids is 1. The van der Waals surface area contributed by atoms with Crippen molar-refractivity contribution in [1.29, 1.82) is 0 Å². The summed E-state index contributed by atoms with van der Waals surface area (Å²) in [7, 11) is 4.88. The lowest BCUT2D eigenvalue weighted by molar-refractivity contribution is 0.0728. The normalized spacial score (nSPS) is 14.7. The number of benzene rings is 3. The minimum Gasteiger partial charge on any atom is -0.497 e. The van der Waals surface area contributed by atoms with Crippen LogP contribution in [-0.2, 0) is 6.54 Å². The summed E-state index contributed by atoms with van der Waals surface area (Å²) in [5.41, 5.74) is 6.03. The maximum Gasteiger partial charge on any atom is 0.273 e. The van der Waals surface area contributed by atoms with Crippen LogP contribution >= 0.6 is 0 Å². The van der Waals surface area contributed by atoms with Crippen molar-refractivity contribution in [3.63, 3.8) is 0 Å². The number of hydrogen-bond donors (Lipinski definition) is 1. The van der Waals surface area contributed by atoms with Gasteiger partial charge in [-0.2, -0.15) is 5.10 Å². The number of ether oxygens (including phenoxy) is 3. The van der Waals surface area contributed by atoms with Crippen LogP contribution in [0.2, 0.25) is 0 Å². The van der Waals surface area contributed by atoms with Crippen LogP contribution in [0.4, 0.5) is 0 Å². The van der Waals surface area contributed by atoms with Gasteiger partial charge in [0, 0.05) is 29.3 Å². The molecule has 1 aromatic heterocycles. The Balaban J connectivity index is 1.66. The summed E-state index contributed by atoms with van der Waals surface area (Å²) in [4.78, 5) is 15.6. The van der Waals surface area contributed by atoms with E-state index in [9.17, 15) is 4.79 Å². The van der Waals surface area contributed by atoms with Gasteiger partial charge in [-0.15, -0.1) is 0 Å². The summed E-state index contributed by atoms with van der Waals surface area (Å²) >= 11 is 0. The second-order valence-corrected chi connectivity index (χ2v) is 8.52. The molecule has 0 saturated heterocycles. The highest BCUT2D eigenvalue weighted by Gasteiger charge is 2.43. The Morgan fingerprint density at radius 3 is 2.23 bits per heavy atom. The summed E-state index contributed by atoms with van der Waals surface area (Å²) in [5, 5.41) is 7.56. The second kappa shape index (κ2) is 9.18. The van der Waals surface area contributed by atoms with Gasteiger partial charge in [0.15, 0.2) is 0 Å².